The first-order chi connectivity index (χ1) is 12.5. The number of carbonyl (C=O) groups excluding carboxylic acids is 1. The van der Waals surface area contributed by atoms with Gasteiger partial charge in [0.1, 0.15) is 5.75 Å². The summed E-state index contributed by atoms with van der Waals surface area (Å²) in [7, 11) is 0. The highest BCUT2D eigenvalue weighted by molar-refractivity contribution is 5.94. The Bertz CT molecular complexity index is 733. The molecule has 0 aromatic heterocycles. The van der Waals surface area contributed by atoms with Crippen LogP contribution in [0.1, 0.15) is 54.1 Å². The first-order valence-corrected chi connectivity index (χ1v) is 9.32. The maximum atomic E-state index is 13.1. The van der Waals surface area contributed by atoms with Crippen molar-refractivity contribution in [3.8, 4) is 5.75 Å². The second-order valence-electron chi connectivity index (χ2n) is 7.23. The number of amides is 1. The van der Waals surface area contributed by atoms with Crippen LogP contribution in [-0.4, -0.2) is 35.2 Å². The zero-order valence-corrected chi connectivity index (χ0v) is 15.5. The van der Waals surface area contributed by atoms with E-state index in [0.29, 0.717) is 24.6 Å². The van der Waals surface area contributed by atoms with Gasteiger partial charge >= 0.3 is 0 Å². The van der Waals surface area contributed by atoms with E-state index in [1.54, 1.807) is 17.0 Å². The van der Waals surface area contributed by atoms with Crippen molar-refractivity contribution in [2.45, 2.75) is 45.3 Å². The molecule has 0 radical (unpaired) electrons. The molecule has 138 valence electrons. The first kappa shape index (κ1) is 18.5. The van der Waals surface area contributed by atoms with Crippen LogP contribution < -0.4 is 0 Å². The zero-order chi connectivity index (χ0) is 18.5. The zero-order valence-electron chi connectivity index (χ0n) is 15.5. The second kappa shape index (κ2) is 8.37. The first-order valence-electron chi connectivity index (χ1n) is 9.32. The quantitative estimate of drug-likeness (QED) is 0.840. The Hall–Kier alpha value is -2.33. The number of para-hydroxylation sites is 1. The molecule has 1 aliphatic heterocycles. The van der Waals surface area contributed by atoms with Crippen LogP contribution in [0, 0.1) is 0 Å². The number of aromatic hydroxyl groups is 1. The fourth-order valence-electron chi connectivity index (χ4n) is 3.30. The van der Waals surface area contributed by atoms with Gasteiger partial charge in [-0.3, -0.25) is 4.79 Å². The summed E-state index contributed by atoms with van der Waals surface area (Å²) in [6.07, 6.45) is 2.07. The molecule has 0 bridgehead atoms. The molecular weight excluding hydrogens is 326 g/mol. The standard InChI is InChI=1S/C22H27NO3/c1-16(2)17-9-11-18(12-10-17)22(25)23(15-20-7-5-13-26-20)14-19-6-3-4-8-21(19)24/h3-4,6,8-12,16,20,24H,5,7,13-15H2,1-2H3. The van der Waals surface area contributed by atoms with Gasteiger partial charge in [-0.15, -0.1) is 0 Å². The molecule has 0 saturated carbocycles. The lowest BCUT2D eigenvalue weighted by Gasteiger charge is -2.26. The number of rotatable bonds is 6. The van der Waals surface area contributed by atoms with Crippen LogP contribution in [0.15, 0.2) is 48.5 Å². The number of hydrogen-bond donors (Lipinski definition) is 1. The topological polar surface area (TPSA) is 49.8 Å². The SMILES string of the molecule is CC(C)c1ccc(C(=O)N(Cc2ccccc2O)CC2CCCO2)cc1. The lowest BCUT2D eigenvalue weighted by molar-refractivity contribution is 0.0506. The molecular formula is C22H27NO3. The summed E-state index contributed by atoms with van der Waals surface area (Å²) in [6.45, 7) is 5.94. The minimum atomic E-state index is -0.0286. The second-order valence-corrected chi connectivity index (χ2v) is 7.23. The van der Waals surface area contributed by atoms with Gasteiger partial charge in [0.2, 0.25) is 0 Å². The third-order valence-electron chi connectivity index (χ3n) is 4.91. The van der Waals surface area contributed by atoms with Crippen molar-refractivity contribution in [2.75, 3.05) is 13.2 Å². The molecule has 2 aromatic carbocycles. The maximum absolute atomic E-state index is 13.1. The van der Waals surface area contributed by atoms with Gasteiger partial charge < -0.3 is 14.7 Å². The Labute approximate surface area is 155 Å². The molecule has 3 rings (SSSR count). The third-order valence-corrected chi connectivity index (χ3v) is 4.91. The Kier molecular flexibility index (Phi) is 5.94. The smallest absolute Gasteiger partial charge is 0.254 e. The average molecular weight is 353 g/mol. The molecule has 1 amide bonds. The van der Waals surface area contributed by atoms with Crippen molar-refractivity contribution >= 4 is 5.91 Å². The summed E-state index contributed by atoms with van der Waals surface area (Å²) < 4.78 is 5.73. The molecule has 4 nitrogen and oxygen atoms in total. The van der Waals surface area contributed by atoms with Crippen molar-refractivity contribution in [3.05, 3.63) is 65.2 Å². The van der Waals surface area contributed by atoms with Crippen molar-refractivity contribution in [2.24, 2.45) is 0 Å². The number of ether oxygens (including phenoxy) is 1. The normalized spacial score (nSPS) is 16.8. The summed E-state index contributed by atoms with van der Waals surface area (Å²) in [5.74, 6) is 0.621. The Morgan fingerprint density at radius 2 is 1.92 bits per heavy atom. The van der Waals surface area contributed by atoms with Crippen LogP contribution in [0.4, 0.5) is 0 Å². The van der Waals surface area contributed by atoms with E-state index in [2.05, 4.69) is 13.8 Å². The number of nitrogens with zero attached hydrogens (tertiary/aromatic N) is 1. The van der Waals surface area contributed by atoms with E-state index in [1.807, 2.05) is 36.4 Å². The highest BCUT2D eigenvalue weighted by Gasteiger charge is 2.24. The largest absolute Gasteiger partial charge is 0.508 e. The summed E-state index contributed by atoms with van der Waals surface area (Å²) in [6, 6.07) is 15.0. The summed E-state index contributed by atoms with van der Waals surface area (Å²) >= 11 is 0. The molecule has 1 aliphatic rings. The van der Waals surface area contributed by atoms with Crippen LogP contribution in [0.25, 0.3) is 0 Å². The van der Waals surface area contributed by atoms with Gasteiger partial charge in [-0.25, -0.2) is 0 Å². The van der Waals surface area contributed by atoms with Crippen LogP contribution in [0.3, 0.4) is 0 Å². The summed E-state index contributed by atoms with van der Waals surface area (Å²) in [5.41, 5.74) is 2.63. The minimum Gasteiger partial charge on any atom is -0.508 e. The lowest BCUT2D eigenvalue weighted by atomic mass is 10.0. The Morgan fingerprint density at radius 3 is 2.54 bits per heavy atom. The van der Waals surface area contributed by atoms with Crippen LogP contribution in [0.5, 0.6) is 5.75 Å². The molecule has 2 aromatic rings. The Morgan fingerprint density at radius 1 is 1.19 bits per heavy atom. The predicted molar refractivity (Wildman–Crippen MR) is 102 cm³/mol. The molecule has 1 unspecified atom stereocenters. The molecule has 0 spiro atoms. The van der Waals surface area contributed by atoms with Crippen LogP contribution in [-0.2, 0) is 11.3 Å². The van der Waals surface area contributed by atoms with E-state index in [0.717, 1.165) is 25.0 Å². The van der Waals surface area contributed by atoms with Gasteiger partial charge in [0, 0.05) is 30.8 Å². The molecule has 1 heterocycles. The van der Waals surface area contributed by atoms with Gasteiger partial charge in [-0.1, -0.05) is 44.2 Å². The monoisotopic (exact) mass is 353 g/mol. The van der Waals surface area contributed by atoms with Crippen molar-refractivity contribution < 1.29 is 14.6 Å². The Balaban J connectivity index is 1.81. The minimum absolute atomic E-state index is 0.0286. The molecule has 26 heavy (non-hydrogen) atoms. The van der Waals surface area contributed by atoms with E-state index in [4.69, 9.17) is 4.74 Å². The number of benzene rings is 2. The van der Waals surface area contributed by atoms with Crippen molar-refractivity contribution in [1.82, 2.24) is 4.90 Å². The van der Waals surface area contributed by atoms with Gasteiger partial charge in [-0.05, 0) is 42.5 Å². The van der Waals surface area contributed by atoms with Gasteiger partial charge in [0.05, 0.1) is 6.10 Å². The molecule has 1 fully saturated rings. The van der Waals surface area contributed by atoms with Gasteiger partial charge in [0.25, 0.3) is 5.91 Å². The number of phenolic OH excluding ortho intramolecular Hbond substituents is 1. The fraction of sp³-hybridized carbons (Fsp3) is 0.409. The fourth-order valence-corrected chi connectivity index (χ4v) is 3.30. The number of phenols is 1. The highest BCUT2D eigenvalue weighted by Crippen LogP contribution is 2.22. The van der Waals surface area contributed by atoms with E-state index in [9.17, 15) is 9.90 Å². The number of hydrogen-bond acceptors (Lipinski definition) is 3. The van der Waals surface area contributed by atoms with Crippen molar-refractivity contribution in [3.63, 3.8) is 0 Å². The lowest BCUT2D eigenvalue weighted by Crippen LogP contribution is -2.37. The van der Waals surface area contributed by atoms with Crippen LogP contribution >= 0.6 is 0 Å². The molecule has 4 heteroatoms. The van der Waals surface area contributed by atoms with E-state index in [-0.39, 0.29) is 17.8 Å². The molecule has 1 saturated heterocycles. The molecule has 1 atom stereocenters. The van der Waals surface area contributed by atoms with Crippen molar-refractivity contribution in [1.29, 1.82) is 0 Å². The molecule has 0 aliphatic carbocycles. The van der Waals surface area contributed by atoms with Gasteiger partial charge in [0.15, 0.2) is 0 Å². The van der Waals surface area contributed by atoms with E-state index in [1.165, 1.54) is 5.56 Å². The molecule has 1 N–H and O–H groups in total. The van der Waals surface area contributed by atoms with Crippen LogP contribution in [0.2, 0.25) is 0 Å². The number of carbonyl (C=O) groups is 1. The third kappa shape index (κ3) is 4.44. The summed E-state index contributed by atoms with van der Waals surface area (Å²) in [5, 5.41) is 10.1. The van der Waals surface area contributed by atoms with E-state index >= 15 is 0 Å². The average Bonchev–Trinajstić information content (AvgIpc) is 3.15. The van der Waals surface area contributed by atoms with E-state index < -0.39 is 0 Å². The maximum Gasteiger partial charge on any atom is 0.254 e. The summed E-state index contributed by atoms with van der Waals surface area (Å²) in [4.78, 5) is 14.9. The van der Waals surface area contributed by atoms with Gasteiger partial charge in [-0.2, -0.15) is 0 Å². The predicted octanol–water partition coefficient (Wildman–Crippen LogP) is 4.34. The highest BCUT2D eigenvalue weighted by atomic mass is 16.5.